The summed E-state index contributed by atoms with van der Waals surface area (Å²) >= 11 is 3.05. The van der Waals surface area contributed by atoms with Crippen molar-refractivity contribution in [2.75, 3.05) is 0 Å². The van der Waals surface area contributed by atoms with Crippen molar-refractivity contribution in [3.05, 3.63) is 24.9 Å². The van der Waals surface area contributed by atoms with Gasteiger partial charge < -0.3 is 0 Å². The highest BCUT2D eigenvalue weighted by molar-refractivity contribution is 9.10. The molecule has 0 heterocycles. The molecule has 3 heteroatoms. The number of allylic oxidation sites excluding steroid dienone is 1. The highest BCUT2D eigenvalue weighted by Gasteiger charge is 1.92. The molecule has 1 unspecified atom stereocenters. The summed E-state index contributed by atoms with van der Waals surface area (Å²) < 4.78 is 0. The minimum Gasteiger partial charge on any atom is -0.260 e. The molecule has 0 fully saturated rings. The Morgan fingerprint density at radius 3 is 2.80 bits per heavy atom. The monoisotopic (exact) mass is 198 g/mol. The van der Waals surface area contributed by atoms with E-state index in [-0.39, 0.29) is 4.83 Å². The van der Waals surface area contributed by atoms with E-state index in [0.717, 1.165) is 0 Å². The highest BCUT2D eigenvalue weighted by Crippen LogP contribution is 1.96. The standard InChI is InChI=1S/C7H7BrN2/c1-3-6(2)10-5-7(8)4-9/h3,5,7H,1-2H2/b10-5-. The summed E-state index contributed by atoms with van der Waals surface area (Å²) in [5, 5.41) is 8.28. The van der Waals surface area contributed by atoms with Crippen LogP contribution in [0.25, 0.3) is 0 Å². The number of nitrogens with zero attached hydrogens (tertiary/aromatic N) is 2. The van der Waals surface area contributed by atoms with E-state index in [1.165, 1.54) is 12.3 Å². The van der Waals surface area contributed by atoms with E-state index in [4.69, 9.17) is 5.26 Å². The molecule has 0 aliphatic rings. The lowest BCUT2D eigenvalue weighted by Gasteiger charge is -1.88. The SMILES string of the molecule is C=CC(=C)/N=C\C(Br)C#N. The molecule has 0 rings (SSSR count). The largest absolute Gasteiger partial charge is 0.260 e. The number of halogens is 1. The van der Waals surface area contributed by atoms with Gasteiger partial charge in [-0.2, -0.15) is 5.26 Å². The normalized spacial score (nSPS) is 12.4. The number of alkyl halides is 1. The zero-order chi connectivity index (χ0) is 7.98. The van der Waals surface area contributed by atoms with Crippen molar-refractivity contribution in [3.63, 3.8) is 0 Å². The molecule has 0 amide bonds. The zero-order valence-corrected chi connectivity index (χ0v) is 7.00. The van der Waals surface area contributed by atoms with Gasteiger partial charge >= 0.3 is 0 Å². The Kier molecular flexibility index (Phi) is 4.51. The molecule has 10 heavy (non-hydrogen) atoms. The van der Waals surface area contributed by atoms with E-state index in [0.29, 0.717) is 5.70 Å². The second-order valence-electron chi connectivity index (χ2n) is 1.50. The Morgan fingerprint density at radius 2 is 2.40 bits per heavy atom. The maximum Gasteiger partial charge on any atom is 0.136 e. The van der Waals surface area contributed by atoms with Crippen LogP contribution in [0.5, 0.6) is 0 Å². The van der Waals surface area contributed by atoms with E-state index < -0.39 is 0 Å². The Balaban J connectivity index is 3.89. The Labute approximate surface area is 68.7 Å². The van der Waals surface area contributed by atoms with E-state index in [1.807, 2.05) is 6.07 Å². The van der Waals surface area contributed by atoms with Crippen LogP contribution in [-0.4, -0.2) is 11.0 Å². The fourth-order valence-electron chi connectivity index (χ4n) is 0.247. The average molecular weight is 199 g/mol. The van der Waals surface area contributed by atoms with Crippen LogP contribution in [0.1, 0.15) is 0 Å². The van der Waals surface area contributed by atoms with Gasteiger partial charge in [-0.1, -0.05) is 29.1 Å². The molecule has 0 N–H and O–H groups in total. The molecular weight excluding hydrogens is 192 g/mol. The fourth-order valence-corrected chi connectivity index (χ4v) is 0.365. The second-order valence-corrected chi connectivity index (χ2v) is 2.49. The van der Waals surface area contributed by atoms with Gasteiger partial charge in [0.2, 0.25) is 0 Å². The highest BCUT2D eigenvalue weighted by atomic mass is 79.9. The van der Waals surface area contributed by atoms with Gasteiger partial charge in [-0.05, 0) is 6.08 Å². The lowest BCUT2D eigenvalue weighted by molar-refractivity contribution is 1.40. The van der Waals surface area contributed by atoms with E-state index in [1.54, 1.807) is 0 Å². The van der Waals surface area contributed by atoms with Gasteiger partial charge in [-0.3, -0.25) is 4.99 Å². The van der Waals surface area contributed by atoms with E-state index >= 15 is 0 Å². The quantitative estimate of drug-likeness (QED) is 0.389. The van der Waals surface area contributed by atoms with Crippen molar-refractivity contribution in [3.8, 4) is 6.07 Å². The molecule has 0 aromatic carbocycles. The molecule has 1 atom stereocenters. The molecular formula is C7H7BrN2. The first-order chi connectivity index (χ1) is 4.70. The lowest BCUT2D eigenvalue weighted by Crippen LogP contribution is -1.92. The van der Waals surface area contributed by atoms with Crippen LogP contribution in [0.2, 0.25) is 0 Å². The number of aliphatic imine (C=N–C) groups is 1. The van der Waals surface area contributed by atoms with Crippen molar-refractivity contribution in [1.29, 1.82) is 5.26 Å². The molecule has 0 aromatic rings. The predicted octanol–water partition coefficient (Wildman–Crippen LogP) is 2.04. The Bertz CT molecular complexity index is 200. The van der Waals surface area contributed by atoms with Gasteiger partial charge in [0.05, 0.1) is 11.8 Å². The first kappa shape index (κ1) is 9.12. The zero-order valence-electron chi connectivity index (χ0n) is 5.42. The summed E-state index contributed by atoms with van der Waals surface area (Å²) in [6, 6.07) is 1.94. The minimum absolute atomic E-state index is 0.343. The van der Waals surface area contributed by atoms with Gasteiger partial charge in [0.15, 0.2) is 0 Å². The summed E-state index contributed by atoms with van der Waals surface area (Å²) in [4.78, 5) is 3.46. The lowest BCUT2D eigenvalue weighted by atomic mass is 10.5. The van der Waals surface area contributed by atoms with Crippen molar-refractivity contribution < 1.29 is 0 Å². The molecule has 0 aromatic heterocycles. The van der Waals surface area contributed by atoms with Crippen LogP contribution in [0.15, 0.2) is 29.9 Å². The summed E-state index contributed by atoms with van der Waals surface area (Å²) in [7, 11) is 0. The Hall–Kier alpha value is -0.880. The third kappa shape index (κ3) is 4.04. The molecule has 0 aliphatic heterocycles. The minimum atomic E-state index is -0.343. The number of hydrogen-bond acceptors (Lipinski definition) is 2. The first-order valence-electron chi connectivity index (χ1n) is 2.60. The van der Waals surface area contributed by atoms with Crippen LogP contribution in [0, 0.1) is 11.3 Å². The summed E-state index contributed by atoms with van der Waals surface area (Å²) in [6.07, 6.45) is 2.98. The molecule has 0 saturated carbocycles. The smallest absolute Gasteiger partial charge is 0.136 e. The van der Waals surface area contributed by atoms with Crippen LogP contribution in [0.3, 0.4) is 0 Å². The van der Waals surface area contributed by atoms with Crippen molar-refractivity contribution in [1.82, 2.24) is 0 Å². The van der Waals surface area contributed by atoms with Crippen molar-refractivity contribution in [2.45, 2.75) is 4.83 Å². The van der Waals surface area contributed by atoms with Gasteiger partial charge in [-0.15, -0.1) is 0 Å². The van der Waals surface area contributed by atoms with E-state index in [2.05, 4.69) is 34.1 Å². The number of hydrogen-bond donors (Lipinski definition) is 0. The molecule has 0 bridgehead atoms. The van der Waals surface area contributed by atoms with Crippen LogP contribution in [0.4, 0.5) is 0 Å². The van der Waals surface area contributed by atoms with Crippen molar-refractivity contribution >= 4 is 22.1 Å². The molecule has 52 valence electrons. The first-order valence-corrected chi connectivity index (χ1v) is 3.51. The summed E-state index contributed by atoms with van der Waals surface area (Å²) in [6.45, 7) is 6.99. The molecule has 2 nitrogen and oxygen atoms in total. The Morgan fingerprint density at radius 1 is 1.80 bits per heavy atom. The topological polar surface area (TPSA) is 36.1 Å². The summed E-state index contributed by atoms with van der Waals surface area (Å²) in [5.74, 6) is 0. The van der Waals surface area contributed by atoms with Crippen LogP contribution < -0.4 is 0 Å². The molecule has 0 saturated heterocycles. The van der Waals surface area contributed by atoms with Gasteiger partial charge in [0.1, 0.15) is 4.83 Å². The third-order valence-electron chi connectivity index (χ3n) is 0.730. The molecule has 0 spiro atoms. The fraction of sp³-hybridized carbons (Fsp3) is 0.143. The maximum absolute atomic E-state index is 8.28. The van der Waals surface area contributed by atoms with Crippen LogP contribution >= 0.6 is 15.9 Å². The van der Waals surface area contributed by atoms with Gasteiger partial charge in [0, 0.05) is 6.21 Å². The third-order valence-corrected chi connectivity index (χ3v) is 1.17. The van der Waals surface area contributed by atoms with Gasteiger partial charge in [-0.25, -0.2) is 0 Å². The number of nitriles is 1. The number of rotatable bonds is 3. The average Bonchev–Trinajstić information content (AvgIpc) is 1.99. The van der Waals surface area contributed by atoms with Crippen molar-refractivity contribution in [2.24, 2.45) is 4.99 Å². The van der Waals surface area contributed by atoms with Gasteiger partial charge in [0.25, 0.3) is 0 Å². The molecule has 0 radical (unpaired) electrons. The predicted molar refractivity (Wildman–Crippen MR) is 46.2 cm³/mol. The van der Waals surface area contributed by atoms with E-state index in [9.17, 15) is 0 Å². The molecule has 0 aliphatic carbocycles. The summed E-state index contributed by atoms with van der Waals surface area (Å²) in [5.41, 5.74) is 0.555. The van der Waals surface area contributed by atoms with Crippen LogP contribution in [-0.2, 0) is 0 Å². The maximum atomic E-state index is 8.28. The second kappa shape index (κ2) is 4.95.